The topological polar surface area (TPSA) is 55.4 Å². The molecule has 0 bridgehead atoms. The normalized spacial score (nSPS) is 10.2. The fraction of sp³-hybridized carbons (Fsp3) is 0.200. The van der Waals surface area contributed by atoms with E-state index < -0.39 is 5.97 Å². The lowest BCUT2D eigenvalue weighted by Crippen LogP contribution is -2.21. The Morgan fingerprint density at radius 3 is 2.62 bits per heavy atom. The number of hydrogen-bond donors (Lipinski definition) is 1. The van der Waals surface area contributed by atoms with E-state index in [1.165, 1.54) is 11.3 Å². The van der Waals surface area contributed by atoms with Gasteiger partial charge in [0, 0.05) is 15.0 Å². The van der Waals surface area contributed by atoms with Crippen molar-refractivity contribution in [3.8, 4) is 0 Å². The molecule has 21 heavy (non-hydrogen) atoms. The van der Waals surface area contributed by atoms with E-state index >= 15 is 0 Å². The van der Waals surface area contributed by atoms with Gasteiger partial charge < -0.3 is 10.1 Å². The number of nitrogens with one attached hydrogen (secondary N) is 1. The van der Waals surface area contributed by atoms with Crippen molar-refractivity contribution in [3.63, 3.8) is 0 Å². The molecule has 0 unspecified atom stereocenters. The highest BCUT2D eigenvalue weighted by molar-refractivity contribution is 9.10. The highest BCUT2D eigenvalue weighted by atomic mass is 79.9. The smallest absolute Gasteiger partial charge is 0.348 e. The van der Waals surface area contributed by atoms with Crippen molar-refractivity contribution >= 4 is 44.8 Å². The molecule has 1 aromatic carbocycles. The summed E-state index contributed by atoms with van der Waals surface area (Å²) in [6, 6.07) is 9.06. The molecule has 1 heterocycles. The average molecular weight is 368 g/mol. The minimum atomic E-state index is -0.476. The van der Waals surface area contributed by atoms with Crippen LogP contribution in [0.2, 0.25) is 0 Å². The van der Waals surface area contributed by atoms with Crippen molar-refractivity contribution in [1.29, 1.82) is 0 Å². The zero-order valence-corrected chi connectivity index (χ0v) is 14.0. The van der Waals surface area contributed by atoms with Gasteiger partial charge in [-0.3, -0.25) is 4.79 Å². The number of thiophene rings is 1. The lowest BCUT2D eigenvalue weighted by Gasteiger charge is -2.09. The molecule has 2 rings (SSSR count). The molecule has 1 aromatic heterocycles. The summed E-state index contributed by atoms with van der Waals surface area (Å²) in [4.78, 5) is 25.0. The number of ether oxygens (including phenoxy) is 1. The van der Waals surface area contributed by atoms with Crippen LogP contribution in [0.5, 0.6) is 0 Å². The molecule has 110 valence electrons. The Kier molecular flexibility index (Phi) is 5.14. The van der Waals surface area contributed by atoms with Crippen molar-refractivity contribution < 1.29 is 14.3 Å². The van der Waals surface area contributed by atoms with Crippen molar-refractivity contribution in [2.24, 2.45) is 0 Å². The van der Waals surface area contributed by atoms with Crippen LogP contribution in [0, 0.1) is 13.8 Å². The summed E-state index contributed by atoms with van der Waals surface area (Å²) in [5.74, 6) is -0.835. The lowest BCUT2D eigenvalue weighted by atomic mass is 10.2. The molecule has 2 aromatic rings. The van der Waals surface area contributed by atoms with Gasteiger partial charge in [0.05, 0.1) is 0 Å². The first-order chi connectivity index (χ1) is 9.95. The van der Waals surface area contributed by atoms with Crippen LogP contribution in [-0.4, -0.2) is 18.5 Å². The van der Waals surface area contributed by atoms with Gasteiger partial charge in [-0.1, -0.05) is 15.9 Å². The average Bonchev–Trinajstić information content (AvgIpc) is 2.86. The fourth-order valence-electron chi connectivity index (χ4n) is 1.70. The van der Waals surface area contributed by atoms with Gasteiger partial charge in [0.2, 0.25) is 0 Å². The summed E-state index contributed by atoms with van der Waals surface area (Å²) in [6.07, 6.45) is 0. The summed E-state index contributed by atoms with van der Waals surface area (Å²) in [5, 5.41) is 2.72. The van der Waals surface area contributed by atoms with Crippen molar-refractivity contribution in [1.82, 2.24) is 0 Å². The summed E-state index contributed by atoms with van der Waals surface area (Å²) in [6.45, 7) is 3.50. The minimum absolute atomic E-state index is 0.300. The van der Waals surface area contributed by atoms with E-state index in [2.05, 4.69) is 21.2 Å². The third kappa shape index (κ3) is 4.41. The van der Waals surface area contributed by atoms with Crippen LogP contribution in [0.25, 0.3) is 0 Å². The van der Waals surface area contributed by atoms with Gasteiger partial charge in [0.15, 0.2) is 6.61 Å². The first-order valence-electron chi connectivity index (χ1n) is 6.25. The van der Waals surface area contributed by atoms with Crippen molar-refractivity contribution in [2.75, 3.05) is 11.9 Å². The van der Waals surface area contributed by atoms with E-state index in [0.717, 1.165) is 14.9 Å². The van der Waals surface area contributed by atoms with Crippen LogP contribution >= 0.6 is 27.3 Å². The summed E-state index contributed by atoms with van der Waals surface area (Å²) in [5.41, 5.74) is 1.63. The Bertz CT molecular complexity index is 681. The summed E-state index contributed by atoms with van der Waals surface area (Å²) < 4.78 is 5.93. The predicted octanol–water partition coefficient (Wildman–Crippen LogP) is 3.92. The maximum atomic E-state index is 11.8. The number of esters is 1. The second kappa shape index (κ2) is 6.87. The zero-order valence-electron chi connectivity index (χ0n) is 11.6. The molecule has 0 spiro atoms. The lowest BCUT2D eigenvalue weighted by molar-refractivity contribution is -0.119. The number of carbonyl (C=O) groups is 2. The molecule has 0 saturated heterocycles. The van der Waals surface area contributed by atoms with Crippen LogP contribution in [0.1, 0.15) is 20.1 Å². The summed E-state index contributed by atoms with van der Waals surface area (Å²) >= 11 is 4.70. The molecule has 0 radical (unpaired) electrons. The molecule has 6 heteroatoms. The molecule has 1 amide bonds. The zero-order chi connectivity index (χ0) is 15.4. The Balaban J connectivity index is 1.89. The Morgan fingerprint density at radius 1 is 1.24 bits per heavy atom. The molecular weight excluding hydrogens is 354 g/mol. The largest absolute Gasteiger partial charge is 0.451 e. The van der Waals surface area contributed by atoms with Crippen LogP contribution < -0.4 is 5.32 Å². The van der Waals surface area contributed by atoms with Gasteiger partial charge in [-0.15, -0.1) is 11.3 Å². The highest BCUT2D eigenvalue weighted by Crippen LogP contribution is 2.20. The van der Waals surface area contributed by atoms with Crippen LogP contribution in [0.15, 0.2) is 34.8 Å². The molecule has 0 fully saturated rings. The van der Waals surface area contributed by atoms with Gasteiger partial charge >= 0.3 is 5.97 Å². The van der Waals surface area contributed by atoms with Gasteiger partial charge in [-0.25, -0.2) is 4.79 Å². The number of halogens is 1. The third-order valence-electron chi connectivity index (χ3n) is 2.74. The fourth-order valence-corrected chi connectivity index (χ4v) is 2.94. The predicted molar refractivity (Wildman–Crippen MR) is 86.8 cm³/mol. The first-order valence-corrected chi connectivity index (χ1v) is 7.86. The molecule has 0 aliphatic carbocycles. The molecule has 0 saturated carbocycles. The number of anilines is 1. The SMILES string of the molecule is Cc1ccc(C(=O)OCC(=O)Nc2ccc(Br)cc2C)s1. The van der Waals surface area contributed by atoms with Crippen LogP contribution in [0.3, 0.4) is 0 Å². The molecule has 0 atom stereocenters. The number of benzene rings is 1. The van der Waals surface area contributed by atoms with Crippen LogP contribution in [0.4, 0.5) is 5.69 Å². The van der Waals surface area contributed by atoms with Gasteiger partial charge in [-0.05, 0) is 49.7 Å². The number of rotatable bonds is 4. The Hall–Kier alpha value is -1.66. The van der Waals surface area contributed by atoms with E-state index in [0.29, 0.717) is 10.6 Å². The maximum Gasteiger partial charge on any atom is 0.348 e. The molecular formula is C15H14BrNO3S. The third-order valence-corrected chi connectivity index (χ3v) is 4.21. The minimum Gasteiger partial charge on any atom is -0.451 e. The number of carbonyl (C=O) groups excluding carboxylic acids is 2. The number of hydrogen-bond acceptors (Lipinski definition) is 4. The van der Waals surface area contributed by atoms with Crippen molar-refractivity contribution in [3.05, 3.63) is 50.1 Å². The standard InChI is InChI=1S/C15H14BrNO3S/c1-9-7-11(16)4-5-12(9)17-14(18)8-20-15(19)13-6-3-10(2)21-13/h3-7H,8H2,1-2H3,(H,17,18). The van der Waals surface area contributed by atoms with Gasteiger partial charge in [0.25, 0.3) is 5.91 Å². The maximum absolute atomic E-state index is 11.8. The number of amides is 1. The second-order valence-electron chi connectivity index (χ2n) is 4.49. The molecule has 4 nitrogen and oxygen atoms in total. The number of aryl methyl sites for hydroxylation is 2. The van der Waals surface area contributed by atoms with E-state index in [1.54, 1.807) is 12.1 Å². The molecule has 0 aliphatic heterocycles. The van der Waals surface area contributed by atoms with Crippen LogP contribution in [-0.2, 0) is 9.53 Å². The van der Waals surface area contributed by atoms with Gasteiger partial charge in [0.1, 0.15) is 4.88 Å². The van der Waals surface area contributed by atoms with E-state index in [9.17, 15) is 9.59 Å². The van der Waals surface area contributed by atoms with Gasteiger partial charge in [-0.2, -0.15) is 0 Å². The van der Waals surface area contributed by atoms with Crippen molar-refractivity contribution in [2.45, 2.75) is 13.8 Å². The monoisotopic (exact) mass is 367 g/mol. The quantitative estimate of drug-likeness (QED) is 0.833. The summed E-state index contributed by atoms with van der Waals surface area (Å²) in [7, 11) is 0. The molecule has 1 N–H and O–H groups in total. The van der Waals surface area contributed by atoms with E-state index in [4.69, 9.17) is 4.74 Å². The second-order valence-corrected chi connectivity index (χ2v) is 6.70. The molecule has 0 aliphatic rings. The van der Waals surface area contributed by atoms with E-state index in [1.807, 2.05) is 32.0 Å². The van der Waals surface area contributed by atoms with E-state index in [-0.39, 0.29) is 12.5 Å². The Labute approximate surface area is 135 Å². The Morgan fingerprint density at radius 2 is 2.00 bits per heavy atom. The highest BCUT2D eigenvalue weighted by Gasteiger charge is 2.12. The first kappa shape index (κ1) is 15.7.